The van der Waals surface area contributed by atoms with Crippen molar-refractivity contribution in [3.8, 4) is 0 Å². The summed E-state index contributed by atoms with van der Waals surface area (Å²) in [6.45, 7) is 0.0528. The number of anilines is 1. The first-order chi connectivity index (χ1) is 5.75. The molecule has 0 amide bonds. The molecule has 4 nitrogen and oxygen atoms in total. The molecule has 0 saturated carbocycles. The lowest BCUT2D eigenvalue weighted by Crippen LogP contribution is -2.15. The molecule has 0 unspecified atom stereocenters. The van der Waals surface area contributed by atoms with Gasteiger partial charge in [-0.25, -0.2) is 0 Å². The number of aliphatic hydroxyl groups is 1. The molecule has 1 aromatic rings. The molecule has 0 aromatic carbocycles. The molecular formula is C8H13N3O. The molecule has 66 valence electrons. The van der Waals surface area contributed by atoms with E-state index in [1.54, 1.807) is 18.3 Å². The normalized spacial score (nSPS) is 12.8. The molecule has 1 rings (SSSR count). The number of pyridine rings is 1. The highest BCUT2D eigenvalue weighted by molar-refractivity contribution is 5.43. The van der Waals surface area contributed by atoms with Gasteiger partial charge in [0.05, 0.1) is 17.4 Å². The van der Waals surface area contributed by atoms with E-state index in [4.69, 9.17) is 16.6 Å². The molecule has 4 heteroatoms. The van der Waals surface area contributed by atoms with E-state index in [1.165, 1.54) is 0 Å². The standard InChI is InChI=1S/C8H13N3O/c9-6-2-1-4-11-8(6)7(10)3-5-12/h1-2,4,7,12H,3,5,9-10H2/t7-/m0/s1. The molecule has 0 fully saturated rings. The van der Waals surface area contributed by atoms with Crippen molar-refractivity contribution in [3.63, 3.8) is 0 Å². The Hall–Kier alpha value is -1.13. The van der Waals surface area contributed by atoms with Crippen molar-refractivity contribution in [2.75, 3.05) is 12.3 Å². The van der Waals surface area contributed by atoms with Crippen molar-refractivity contribution < 1.29 is 5.11 Å². The molecule has 1 heterocycles. The maximum atomic E-state index is 8.64. The minimum atomic E-state index is -0.267. The van der Waals surface area contributed by atoms with E-state index in [1.807, 2.05) is 0 Å². The fraction of sp³-hybridized carbons (Fsp3) is 0.375. The number of hydrogen-bond donors (Lipinski definition) is 3. The zero-order valence-corrected chi connectivity index (χ0v) is 6.77. The summed E-state index contributed by atoms with van der Waals surface area (Å²) < 4.78 is 0. The van der Waals surface area contributed by atoms with Crippen LogP contribution in [0.25, 0.3) is 0 Å². The first-order valence-electron chi connectivity index (χ1n) is 3.82. The Balaban J connectivity index is 2.79. The largest absolute Gasteiger partial charge is 0.397 e. The lowest BCUT2D eigenvalue weighted by Gasteiger charge is -2.10. The Morgan fingerprint density at radius 1 is 1.58 bits per heavy atom. The SMILES string of the molecule is Nc1cccnc1[C@@H](N)CCO. The molecular weight excluding hydrogens is 154 g/mol. The zero-order chi connectivity index (χ0) is 8.97. The predicted molar refractivity (Wildman–Crippen MR) is 47.3 cm³/mol. The molecule has 0 saturated heterocycles. The molecule has 5 N–H and O–H groups in total. The van der Waals surface area contributed by atoms with Crippen molar-refractivity contribution in [1.82, 2.24) is 4.98 Å². The fourth-order valence-corrected chi connectivity index (χ4v) is 1.02. The second kappa shape index (κ2) is 4.04. The quantitative estimate of drug-likeness (QED) is 0.593. The van der Waals surface area contributed by atoms with Crippen LogP contribution in [0, 0.1) is 0 Å². The summed E-state index contributed by atoms with van der Waals surface area (Å²) in [4.78, 5) is 4.04. The molecule has 0 aliphatic rings. The van der Waals surface area contributed by atoms with Gasteiger partial charge in [0.2, 0.25) is 0 Å². The number of nitrogens with zero attached hydrogens (tertiary/aromatic N) is 1. The summed E-state index contributed by atoms with van der Waals surface area (Å²) in [6.07, 6.45) is 2.13. The third-order valence-corrected chi connectivity index (χ3v) is 1.66. The molecule has 0 bridgehead atoms. The first kappa shape index (κ1) is 8.96. The second-order valence-electron chi connectivity index (χ2n) is 2.60. The van der Waals surface area contributed by atoms with Gasteiger partial charge >= 0.3 is 0 Å². The first-order valence-corrected chi connectivity index (χ1v) is 3.82. The summed E-state index contributed by atoms with van der Waals surface area (Å²) in [7, 11) is 0. The highest BCUT2D eigenvalue weighted by Crippen LogP contribution is 2.16. The number of hydrogen-bond acceptors (Lipinski definition) is 4. The Kier molecular flexibility index (Phi) is 3.01. The van der Waals surface area contributed by atoms with Gasteiger partial charge in [0, 0.05) is 12.8 Å². The van der Waals surface area contributed by atoms with E-state index in [-0.39, 0.29) is 12.6 Å². The van der Waals surface area contributed by atoms with Crippen molar-refractivity contribution in [3.05, 3.63) is 24.0 Å². The molecule has 0 aliphatic carbocycles. The second-order valence-corrected chi connectivity index (χ2v) is 2.60. The smallest absolute Gasteiger partial charge is 0.0800 e. The van der Waals surface area contributed by atoms with Crippen LogP contribution in [-0.4, -0.2) is 16.7 Å². The predicted octanol–water partition coefficient (Wildman–Crippen LogP) is 0.0460. The van der Waals surface area contributed by atoms with E-state index < -0.39 is 0 Å². The molecule has 1 aromatic heterocycles. The lowest BCUT2D eigenvalue weighted by molar-refractivity contribution is 0.276. The van der Waals surface area contributed by atoms with Crippen molar-refractivity contribution in [2.24, 2.45) is 5.73 Å². The van der Waals surface area contributed by atoms with Gasteiger partial charge in [-0.2, -0.15) is 0 Å². The van der Waals surface area contributed by atoms with Crippen LogP contribution in [0.15, 0.2) is 18.3 Å². The third-order valence-electron chi connectivity index (χ3n) is 1.66. The average Bonchev–Trinajstić information content (AvgIpc) is 2.05. The fourth-order valence-electron chi connectivity index (χ4n) is 1.02. The van der Waals surface area contributed by atoms with Crippen LogP contribution in [-0.2, 0) is 0 Å². The zero-order valence-electron chi connectivity index (χ0n) is 6.77. The number of aromatic nitrogens is 1. The molecule has 0 spiro atoms. The summed E-state index contributed by atoms with van der Waals surface area (Å²) in [6, 6.07) is 3.24. The van der Waals surface area contributed by atoms with Gasteiger partial charge in [0.1, 0.15) is 0 Å². The van der Waals surface area contributed by atoms with Gasteiger partial charge in [-0.05, 0) is 18.6 Å². The molecule has 0 aliphatic heterocycles. The van der Waals surface area contributed by atoms with E-state index in [2.05, 4.69) is 4.98 Å². The van der Waals surface area contributed by atoms with E-state index >= 15 is 0 Å². The van der Waals surface area contributed by atoms with E-state index in [0.29, 0.717) is 17.8 Å². The van der Waals surface area contributed by atoms with Gasteiger partial charge in [-0.3, -0.25) is 4.98 Å². The summed E-state index contributed by atoms with van der Waals surface area (Å²) >= 11 is 0. The van der Waals surface area contributed by atoms with E-state index in [9.17, 15) is 0 Å². The van der Waals surface area contributed by atoms with Gasteiger partial charge in [0.25, 0.3) is 0 Å². The number of rotatable bonds is 3. The highest BCUT2D eigenvalue weighted by atomic mass is 16.3. The van der Waals surface area contributed by atoms with Crippen LogP contribution in [0.1, 0.15) is 18.2 Å². The highest BCUT2D eigenvalue weighted by Gasteiger charge is 2.08. The number of nitrogens with two attached hydrogens (primary N) is 2. The van der Waals surface area contributed by atoms with Crippen molar-refractivity contribution in [2.45, 2.75) is 12.5 Å². The van der Waals surface area contributed by atoms with Gasteiger partial charge in [0.15, 0.2) is 0 Å². The maximum absolute atomic E-state index is 8.64. The topological polar surface area (TPSA) is 85.2 Å². The summed E-state index contributed by atoms with van der Waals surface area (Å²) in [5, 5.41) is 8.64. The average molecular weight is 167 g/mol. The van der Waals surface area contributed by atoms with Crippen molar-refractivity contribution in [1.29, 1.82) is 0 Å². The van der Waals surface area contributed by atoms with Crippen LogP contribution in [0.2, 0.25) is 0 Å². The summed E-state index contributed by atoms with van der Waals surface area (Å²) in [5.74, 6) is 0. The maximum Gasteiger partial charge on any atom is 0.0800 e. The van der Waals surface area contributed by atoms with E-state index in [0.717, 1.165) is 0 Å². The van der Waals surface area contributed by atoms with Crippen LogP contribution >= 0.6 is 0 Å². The summed E-state index contributed by atoms with van der Waals surface area (Å²) in [5.41, 5.74) is 12.6. The molecule has 12 heavy (non-hydrogen) atoms. The number of aliphatic hydroxyl groups excluding tert-OH is 1. The minimum Gasteiger partial charge on any atom is -0.397 e. The minimum absolute atomic E-state index is 0.0528. The monoisotopic (exact) mass is 167 g/mol. The van der Waals surface area contributed by atoms with Gasteiger partial charge in [-0.15, -0.1) is 0 Å². The number of nitrogen functional groups attached to an aromatic ring is 1. The Morgan fingerprint density at radius 3 is 2.92 bits per heavy atom. The van der Waals surface area contributed by atoms with Gasteiger partial charge < -0.3 is 16.6 Å². The molecule has 1 atom stereocenters. The van der Waals surface area contributed by atoms with Crippen LogP contribution in [0.3, 0.4) is 0 Å². The molecule has 0 radical (unpaired) electrons. The van der Waals surface area contributed by atoms with Gasteiger partial charge in [-0.1, -0.05) is 0 Å². The van der Waals surface area contributed by atoms with Crippen molar-refractivity contribution >= 4 is 5.69 Å². The lowest BCUT2D eigenvalue weighted by atomic mass is 10.1. The van der Waals surface area contributed by atoms with Crippen LogP contribution in [0.4, 0.5) is 5.69 Å². The third kappa shape index (κ3) is 1.93. The Bertz CT molecular complexity index is 252. The van der Waals surface area contributed by atoms with Crippen LogP contribution < -0.4 is 11.5 Å². The Labute approximate surface area is 71.2 Å². The Morgan fingerprint density at radius 2 is 2.33 bits per heavy atom. The van der Waals surface area contributed by atoms with Crippen LogP contribution in [0.5, 0.6) is 0 Å².